The first kappa shape index (κ1) is 12.0. The SMILES string of the molecule is Cc1cccnc1NCC(O)CC(C)C. The van der Waals surface area contributed by atoms with E-state index in [1.54, 1.807) is 6.20 Å². The third-order valence-electron chi connectivity index (χ3n) is 2.26. The van der Waals surface area contributed by atoms with Crippen LogP contribution in [-0.2, 0) is 0 Å². The number of aryl methyl sites for hydroxylation is 1. The third kappa shape index (κ3) is 4.30. The van der Waals surface area contributed by atoms with Gasteiger partial charge in [-0.2, -0.15) is 0 Å². The van der Waals surface area contributed by atoms with Crippen molar-refractivity contribution in [2.75, 3.05) is 11.9 Å². The molecule has 1 unspecified atom stereocenters. The first-order valence-corrected chi connectivity index (χ1v) is 5.43. The number of nitrogens with zero attached hydrogens (tertiary/aromatic N) is 1. The van der Waals surface area contributed by atoms with E-state index < -0.39 is 0 Å². The van der Waals surface area contributed by atoms with Gasteiger partial charge in [-0.3, -0.25) is 0 Å². The zero-order valence-electron chi connectivity index (χ0n) is 9.70. The number of anilines is 1. The van der Waals surface area contributed by atoms with Crippen LogP contribution in [0.25, 0.3) is 0 Å². The van der Waals surface area contributed by atoms with Crippen LogP contribution in [0.2, 0.25) is 0 Å². The van der Waals surface area contributed by atoms with Crippen LogP contribution in [0.15, 0.2) is 18.3 Å². The zero-order valence-corrected chi connectivity index (χ0v) is 9.70. The summed E-state index contributed by atoms with van der Waals surface area (Å²) in [5.41, 5.74) is 1.11. The molecule has 1 aromatic rings. The highest BCUT2D eigenvalue weighted by atomic mass is 16.3. The molecule has 0 aliphatic carbocycles. The van der Waals surface area contributed by atoms with E-state index in [0.29, 0.717) is 12.5 Å². The van der Waals surface area contributed by atoms with E-state index in [4.69, 9.17) is 0 Å². The maximum absolute atomic E-state index is 9.68. The third-order valence-corrected chi connectivity index (χ3v) is 2.26. The van der Waals surface area contributed by atoms with Gasteiger partial charge in [-0.25, -0.2) is 4.98 Å². The van der Waals surface area contributed by atoms with Gasteiger partial charge in [-0.15, -0.1) is 0 Å². The Morgan fingerprint density at radius 2 is 2.20 bits per heavy atom. The number of rotatable bonds is 5. The van der Waals surface area contributed by atoms with Gasteiger partial charge in [0.15, 0.2) is 0 Å². The fourth-order valence-corrected chi connectivity index (χ4v) is 1.51. The summed E-state index contributed by atoms with van der Waals surface area (Å²) >= 11 is 0. The maximum Gasteiger partial charge on any atom is 0.128 e. The highest BCUT2D eigenvalue weighted by Crippen LogP contribution is 2.10. The number of hydrogen-bond acceptors (Lipinski definition) is 3. The molecule has 2 N–H and O–H groups in total. The Balaban J connectivity index is 2.40. The second-order valence-electron chi connectivity index (χ2n) is 4.33. The first-order chi connectivity index (χ1) is 7.09. The molecular weight excluding hydrogens is 188 g/mol. The molecule has 0 saturated carbocycles. The Hall–Kier alpha value is -1.09. The predicted octanol–water partition coefficient (Wildman–Crippen LogP) is 2.21. The molecule has 0 amide bonds. The van der Waals surface area contributed by atoms with Crippen LogP contribution in [0.5, 0.6) is 0 Å². The molecule has 0 fully saturated rings. The Bertz CT molecular complexity index is 299. The Labute approximate surface area is 91.5 Å². The molecular formula is C12H20N2O. The summed E-state index contributed by atoms with van der Waals surface area (Å²) in [5, 5.41) is 12.8. The summed E-state index contributed by atoms with van der Waals surface area (Å²) in [6.45, 7) is 6.78. The minimum absolute atomic E-state index is 0.300. The normalized spacial score (nSPS) is 12.9. The standard InChI is InChI=1S/C12H20N2O/c1-9(2)7-11(15)8-14-12-10(3)5-4-6-13-12/h4-6,9,11,15H,7-8H2,1-3H3,(H,13,14). The highest BCUT2D eigenvalue weighted by Gasteiger charge is 2.07. The molecule has 0 radical (unpaired) electrons. The van der Waals surface area contributed by atoms with Crippen molar-refractivity contribution < 1.29 is 5.11 Å². The second kappa shape index (κ2) is 5.71. The molecule has 0 bridgehead atoms. The van der Waals surface area contributed by atoms with Crippen LogP contribution in [0, 0.1) is 12.8 Å². The van der Waals surface area contributed by atoms with Gasteiger partial charge >= 0.3 is 0 Å². The number of aliphatic hydroxyl groups excluding tert-OH is 1. The van der Waals surface area contributed by atoms with E-state index >= 15 is 0 Å². The molecule has 0 aromatic carbocycles. The molecule has 0 spiro atoms. The summed E-state index contributed by atoms with van der Waals surface area (Å²) in [4.78, 5) is 4.21. The number of aromatic nitrogens is 1. The molecule has 84 valence electrons. The number of aliphatic hydroxyl groups is 1. The van der Waals surface area contributed by atoms with Gasteiger partial charge in [0.1, 0.15) is 5.82 Å². The zero-order chi connectivity index (χ0) is 11.3. The van der Waals surface area contributed by atoms with Crippen molar-refractivity contribution >= 4 is 5.82 Å². The minimum atomic E-state index is -0.300. The molecule has 0 aliphatic heterocycles. The van der Waals surface area contributed by atoms with Gasteiger partial charge < -0.3 is 10.4 Å². The summed E-state index contributed by atoms with van der Waals surface area (Å²) < 4.78 is 0. The maximum atomic E-state index is 9.68. The average Bonchev–Trinajstić information content (AvgIpc) is 2.15. The average molecular weight is 208 g/mol. The summed E-state index contributed by atoms with van der Waals surface area (Å²) in [6.07, 6.45) is 2.27. The van der Waals surface area contributed by atoms with E-state index in [-0.39, 0.29) is 6.10 Å². The van der Waals surface area contributed by atoms with Crippen LogP contribution in [0.1, 0.15) is 25.8 Å². The van der Waals surface area contributed by atoms with Gasteiger partial charge in [0.2, 0.25) is 0 Å². The van der Waals surface area contributed by atoms with Crippen LogP contribution in [0.4, 0.5) is 5.82 Å². The molecule has 3 heteroatoms. The summed E-state index contributed by atoms with van der Waals surface area (Å²) in [5.74, 6) is 1.38. The van der Waals surface area contributed by atoms with Crippen LogP contribution >= 0.6 is 0 Å². The summed E-state index contributed by atoms with van der Waals surface area (Å²) in [7, 11) is 0. The molecule has 1 atom stereocenters. The van der Waals surface area contributed by atoms with Crippen molar-refractivity contribution in [2.24, 2.45) is 5.92 Å². The van der Waals surface area contributed by atoms with Crippen molar-refractivity contribution in [2.45, 2.75) is 33.3 Å². The smallest absolute Gasteiger partial charge is 0.128 e. The van der Waals surface area contributed by atoms with E-state index in [0.717, 1.165) is 17.8 Å². The minimum Gasteiger partial charge on any atom is -0.391 e. The van der Waals surface area contributed by atoms with Crippen molar-refractivity contribution in [3.63, 3.8) is 0 Å². The van der Waals surface area contributed by atoms with Crippen molar-refractivity contribution in [3.05, 3.63) is 23.9 Å². The quantitative estimate of drug-likeness (QED) is 0.779. The lowest BCUT2D eigenvalue weighted by molar-refractivity contribution is 0.161. The van der Waals surface area contributed by atoms with Crippen molar-refractivity contribution in [1.82, 2.24) is 4.98 Å². The molecule has 0 saturated heterocycles. The summed E-state index contributed by atoms with van der Waals surface area (Å²) in [6, 6.07) is 3.91. The Kier molecular flexibility index (Phi) is 4.56. The first-order valence-electron chi connectivity index (χ1n) is 5.43. The second-order valence-corrected chi connectivity index (χ2v) is 4.33. The topological polar surface area (TPSA) is 45.2 Å². The van der Waals surface area contributed by atoms with Crippen molar-refractivity contribution in [3.8, 4) is 0 Å². The van der Waals surface area contributed by atoms with E-state index in [2.05, 4.69) is 24.1 Å². The fourth-order valence-electron chi connectivity index (χ4n) is 1.51. The molecule has 1 rings (SSSR count). The molecule has 15 heavy (non-hydrogen) atoms. The number of hydrogen-bond donors (Lipinski definition) is 2. The van der Waals surface area contributed by atoms with Gasteiger partial charge in [0.25, 0.3) is 0 Å². The van der Waals surface area contributed by atoms with Gasteiger partial charge in [0.05, 0.1) is 6.10 Å². The lowest BCUT2D eigenvalue weighted by Gasteiger charge is -2.15. The van der Waals surface area contributed by atoms with Gasteiger partial charge in [0, 0.05) is 12.7 Å². The van der Waals surface area contributed by atoms with Crippen molar-refractivity contribution in [1.29, 1.82) is 0 Å². The largest absolute Gasteiger partial charge is 0.391 e. The van der Waals surface area contributed by atoms with Crippen LogP contribution < -0.4 is 5.32 Å². The van der Waals surface area contributed by atoms with E-state index in [9.17, 15) is 5.11 Å². The highest BCUT2D eigenvalue weighted by molar-refractivity contribution is 5.42. The van der Waals surface area contributed by atoms with Crippen LogP contribution in [0.3, 0.4) is 0 Å². The number of pyridine rings is 1. The molecule has 1 heterocycles. The number of nitrogens with one attached hydrogen (secondary N) is 1. The van der Waals surface area contributed by atoms with E-state index in [1.807, 2.05) is 19.1 Å². The van der Waals surface area contributed by atoms with Gasteiger partial charge in [-0.05, 0) is 30.9 Å². The Morgan fingerprint density at radius 3 is 2.80 bits per heavy atom. The van der Waals surface area contributed by atoms with Crippen LogP contribution in [-0.4, -0.2) is 22.7 Å². The predicted molar refractivity (Wildman–Crippen MR) is 62.9 cm³/mol. The monoisotopic (exact) mass is 208 g/mol. The lowest BCUT2D eigenvalue weighted by atomic mass is 10.1. The molecule has 3 nitrogen and oxygen atoms in total. The molecule has 0 aliphatic rings. The molecule has 1 aromatic heterocycles. The Morgan fingerprint density at radius 1 is 1.47 bits per heavy atom. The van der Waals surface area contributed by atoms with Gasteiger partial charge in [-0.1, -0.05) is 19.9 Å². The van der Waals surface area contributed by atoms with E-state index in [1.165, 1.54) is 0 Å². The fraction of sp³-hybridized carbons (Fsp3) is 0.583. The lowest BCUT2D eigenvalue weighted by Crippen LogP contribution is -2.21.